The molecule has 8 heteroatoms. The molecule has 0 unspecified atom stereocenters. The third kappa shape index (κ3) is 5.67. The molecular formula is C23H25N3O4S. The molecule has 0 amide bonds. The standard InChI is InChI=1S/C23H25N3O4S/c1-13-8-14(2)18(15(3)9-13)12-30-19-7-6-17(10-20(19)29-5)11-21(22(27)28)31-23-24-16(4)25-26-23/h6-11H,12H2,1-5H3,(H,27,28)(H,24,25,26)/b21-11-. The highest BCUT2D eigenvalue weighted by Crippen LogP contribution is 2.32. The fraction of sp³-hybridized carbons (Fsp3) is 0.261. The number of carboxylic acid groups (broad SMARTS) is 1. The fourth-order valence-electron chi connectivity index (χ4n) is 3.23. The Bertz CT molecular complexity index is 1110. The van der Waals surface area contributed by atoms with Crippen LogP contribution < -0.4 is 9.47 Å². The molecule has 31 heavy (non-hydrogen) atoms. The van der Waals surface area contributed by atoms with Crippen LogP contribution in [0.2, 0.25) is 0 Å². The van der Waals surface area contributed by atoms with Crippen LogP contribution in [0.15, 0.2) is 40.4 Å². The van der Waals surface area contributed by atoms with Gasteiger partial charge in [-0.1, -0.05) is 23.8 Å². The number of carboxylic acids is 1. The van der Waals surface area contributed by atoms with Gasteiger partial charge >= 0.3 is 5.97 Å². The number of rotatable bonds is 8. The van der Waals surface area contributed by atoms with Crippen LogP contribution in [0.3, 0.4) is 0 Å². The topological polar surface area (TPSA) is 97.3 Å². The lowest BCUT2D eigenvalue weighted by atomic mass is 10.0. The first-order chi connectivity index (χ1) is 14.8. The minimum Gasteiger partial charge on any atom is -0.493 e. The third-order valence-electron chi connectivity index (χ3n) is 4.69. The van der Waals surface area contributed by atoms with E-state index in [1.165, 1.54) is 16.7 Å². The summed E-state index contributed by atoms with van der Waals surface area (Å²) < 4.78 is 11.5. The largest absolute Gasteiger partial charge is 0.493 e. The number of nitrogens with one attached hydrogen (secondary N) is 1. The van der Waals surface area contributed by atoms with Crippen LogP contribution in [0.25, 0.3) is 6.08 Å². The minimum atomic E-state index is -1.06. The van der Waals surface area contributed by atoms with Crippen LogP contribution in [0.5, 0.6) is 11.5 Å². The number of H-pyrrole nitrogens is 1. The van der Waals surface area contributed by atoms with Gasteiger partial charge in [0.15, 0.2) is 11.5 Å². The lowest BCUT2D eigenvalue weighted by Crippen LogP contribution is -2.03. The molecule has 0 radical (unpaired) electrons. The Balaban J connectivity index is 1.81. The second kappa shape index (κ2) is 9.70. The number of thioether (sulfide) groups is 1. The highest BCUT2D eigenvalue weighted by Gasteiger charge is 2.14. The van der Waals surface area contributed by atoms with Crippen LogP contribution in [-0.2, 0) is 11.4 Å². The quantitative estimate of drug-likeness (QED) is 0.383. The fourth-order valence-corrected chi connectivity index (χ4v) is 3.99. The maximum absolute atomic E-state index is 11.7. The van der Waals surface area contributed by atoms with Gasteiger partial charge in [-0.3, -0.25) is 5.10 Å². The monoisotopic (exact) mass is 439 g/mol. The van der Waals surface area contributed by atoms with Gasteiger partial charge in [-0.15, -0.1) is 5.10 Å². The maximum atomic E-state index is 11.7. The first-order valence-electron chi connectivity index (χ1n) is 9.66. The number of aryl methyl sites for hydroxylation is 4. The zero-order chi connectivity index (χ0) is 22.5. The second-order valence-electron chi connectivity index (χ2n) is 7.20. The number of ether oxygens (including phenoxy) is 2. The number of nitrogens with zero attached hydrogens (tertiary/aromatic N) is 2. The molecule has 0 fully saturated rings. The second-order valence-corrected chi connectivity index (χ2v) is 8.20. The molecule has 3 rings (SSSR count). The van der Waals surface area contributed by atoms with Crippen LogP contribution in [-0.4, -0.2) is 33.4 Å². The molecule has 0 saturated carbocycles. The van der Waals surface area contributed by atoms with Gasteiger partial charge in [0.2, 0.25) is 5.16 Å². The van der Waals surface area contributed by atoms with Crippen LogP contribution in [0, 0.1) is 27.7 Å². The maximum Gasteiger partial charge on any atom is 0.342 e. The summed E-state index contributed by atoms with van der Waals surface area (Å²) in [5.41, 5.74) is 5.40. The zero-order valence-electron chi connectivity index (χ0n) is 18.1. The first kappa shape index (κ1) is 22.4. The molecule has 0 aliphatic carbocycles. The van der Waals surface area contributed by atoms with Gasteiger partial charge in [0, 0.05) is 0 Å². The molecule has 3 aromatic rings. The number of hydrogen-bond donors (Lipinski definition) is 2. The summed E-state index contributed by atoms with van der Waals surface area (Å²) in [6.45, 7) is 8.40. The van der Waals surface area contributed by atoms with E-state index in [1.807, 2.05) is 0 Å². The highest BCUT2D eigenvalue weighted by molar-refractivity contribution is 8.04. The Hall–Kier alpha value is -3.26. The Morgan fingerprint density at radius 1 is 1.13 bits per heavy atom. The van der Waals surface area contributed by atoms with Crippen molar-refractivity contribution in [1.82, 2.24) is 15.2 Å². The SMILES string of the molecule is COc1cc(/C=C(\Sc2n[nH]c(C)n2)C(=O)O)ccc1OCc1c(C)cc(C)cc1C. The van der Waals surface area contributed by atoms with E-state index < -0.39 is 5.97 Å². The first-order valence-corrected chi connectivity index (χ1v) is 10.5. The van der Waals surface area contributed by atoms with Crippen LogP contribution in [0.4, 0.5) is 0 Å². The van der Waals surface area contributed by atoms with Crippen molar-refractivity contribution < 1.29 is 19.4 Å². The average molecular weight is 440 g/mol. The summed E-state index contributed by atoms with van der Waals surface area (Å²) >= 11 is 0.978. The predicted molar refractivity (Wildman–Crippen MR) is 121 cm³/mol. The molecule has 0 aliphatic rings. The van der Waals surface area contributed by atoms with E-state index in [9.17, 15) is 9.90 Å². The number of aromatic nitrogens is 3. The number of aromatic amines is 1. The van der Waals surface area contributed by atoms with Crippen molar-refractivity contribution >= 4 is 23.8 Å². The highest BCUT2D eigenvalue weighted by atomic mass is 32.2. The zero-order valence-corrected chi connectivity index (χ0v) is 19.0. The summed E-state index contributed by atoms with van der Waals surface area (Å²) in [4.78, 5) is 15.9. The molecule has 162 valence electrons. The van der Waals surface area contributed by atoms with Crippen molar-refractivity contribution in [3.05, 3.63) is 68.9 Å². The molecule has 0 saturated heterocycles. The Kier molecular flexibility index (Phi) is 7.02. The van der Waals surface area contributed by atoms with E-state index in [1.54, 1.807) is 38.3 Å². The Labute approximate surface area is 185 Å². The van der Waals surface area contributed by atoms with E-state index in [0.717, 1.165) is 17.3 Å². The molecule has 0 bridgehead atoms. The summed E-state index contributed by atoms with van der Waals surface area (Å²) in [7, 11) is 1.56. The van der Waals surface area contributed by atoms with Crippen LogP contribution >= 0.6 is 11.8 Å². The van der Waals surface area contributed by atoms with Crippen molar-refractivity contribution in [2.75, 3.05) is 7.11 Å². The van der Waals surface area contributed by atoms with E-state index in [2.05, 4.69) is 48.1 Å². The van der Waals surface area contributed by atoms with E-state index in [0.29, 0.717) is 34.7 Å². The molecule has 1 aromatic heterocycles. The molecule has 0 atom stereocenters. The van der Waals surface area contributed by atoms with Crippen LogP contribution in [0.1, 0.15) is 33.6 Å². The molecule has 0 spiro atoms. The lowest BCUT2D eigenvalue weighted by Gasteiger charge is -2.15. The van der Waals surface area contributed by atoms with Crippen molar-refractivity contribution in [3.8, 4) is 11.5 Å². The Morgan fingerprint density at radius 3 is 2.42 bits per heavy atom. The third-order valence-corrected chi connectivity index (χ3v) is 5.56. The molecule has 7 nitrogen and oxygen atoms in total. The number of benzene rings is 2. The normalized spacial score (nSPS) is 11.5. The van der Waals surface area contributed by atoms with E-state index in [4.69, 9.17) is 9.47 Å². The van der Waals surface area contributed by atoms with Gasteiger partial charge in [-0.25, -0.2) is 9.78 Å². The van der Waals surface area contributed by atoms with Gasteiger partial charge < -0.3 is 14.6 Å². The molecule has 2 N–H and O–H groups in total. The van der Waals surface area contributed by atoms with E-state index in [-0.39, 0.29) is 4.91 Å². The number of hydrogen-bond acceptors (Lipinski definition) is 6. The number of methoxy groups -OCH3 is 1. The molecule has 1 heterocycles. The van der Waals surface area contributed by atoms with Crippen molar-refractivity contribution in [2.45, 2.75) is 39.5 Å². The summed E-state index contributed by atoms with van der Waals surface area (Å²) in [6, 6.07) is 9.59. The average Bonchev–Trinajstić information content (AvgIpc) is 3.12. The van der Waals surface area contributed by atoms with Crippen molar-refractivity contribution in [2.24, 2.45) is 0 Å². The molecule has 0 aliphatic heterocycles. The van der Waals surface area contributed by atoms with E-state index >= 15 is 0 Å². The summed E-state index contributed by atoms with van der Waals surface area (Å²) in [5.74, 6) is 0.680. The summed E-state index contributed by atoms with van der Waals surface area (Å²) in [5, 5.41) is 16.6. The van der Waals surface area contributed by atoms with Gasteiger partial charge in [0.1, 0.15) is 17.3 Å². The van der Waals surface area contributed by atoms with Gasteiger partial charge in [-0.05, 0) is 79.9 Å². The Morgan fingerprint density at radius 2 is 1.84 bits per heavy atom. The summed E-state index contributed by atoms with van der Waals surface area (Å²) in [6.07, 6.45) is 1.55. The van der Waals surface area contributed by atoms with Gasteiger partial charge in [0.25, 0.3) is 0 Å². The molecular weight excluding hydrogens is 414 g/mol. The van der Waals surface area contributed by atoms with Gasteiger partial charge in [0.05, 0.1) is 7.11 Å². The van der Waals surface area contributed by atoms with Gasteiger partial charge in [-0.2, -0.15) is 0 Å². The smallest absolute Gasteiger partial charge is 0.342 e. The number of carbonyl (C=O) groups is 1. The predicted octanol–water partition coefficient (Wildman–Crippen LogP) is 4.84. The number of aliphatic carboxylic acids is 1. The molecule has 2 aromatic carbocycles. The lowest BCUT2D eigenvalue weighted by molar-refractivity contribution is -0.131. The minimum absolute atomic E-state index is 0.0978. The van der Waals surface area contributed by atoms with Crippen molar-refractivity contribution in [3.63, 3.8) is 0 Å². The van der Waals surface area contributed by atoms with Crippen molar-refractivity contribution in [1.29, 1.82) is 0 Å².